The summed E-state index contributed by atoms with van der Waals surface area (Å²) in [5.74, 6) is 1.45. The molecule has 0 spiro atoms. The molecule has 7 heteroatoms. The van der Waals surface area contributed by atoms with E-state index in [1.54, 1.807) is 20.5 Å². The predicted octanol–water partition coefficient (Wildman–Crippen LogP) is 1.93. The quantitative estimate of drug-likeness (QED) is 0.762. The smallest absolute Gasteiger partial charge is 0.222 e. The van der Waals surface area contributed by atoms with Gasteiger partial charge in [0, 0.05) is 0 Å². The second kappa shape index (κ2) is 4.93. The zero-order valence-electron chi connectivity index (χ0n) is 12.0. The first-order chi connectivity index (χ1) is 10.1. The molecule has 3 aromatic rings. The van der Waals surface area contributed by atoms with Crippen LogP contribution in [0.2, 0.25) is 0 Å². The van der Waals surface area contributed by atoms with Crippen LogP contribution in [0, 0.1) is 6.92 Å². The summed E-state index contributed by atoms with van der Waals surface area (Å²) in [5, 5.41) is 0. The van der Waals surface area contributed by atoms with Gasteiger partial charge < -0.3 is 20.2 Å². The molecule has 0 aliphatic rings. The number of aromatic nitrogens is 4. The number of hydrogen-bond donors (Lipinski definition) is 2. The zero-order chi connectivity index (χ0) is 15.0. The van der Waals surface area contributed by atoms with Crippen LogP contribution in [0.15, 0.2) is 18.5 Å². The van der Waals surface area contributed by atoms with Crippen molar-refractivity contribution in [2.75, 3.05) is 20.0 Å². The number of H-pyrrole nitrogens is 1. The van der Waals surface area contributed by atoms with Crippen LogP contribution < -0.4 is 15.2 Å². The van der Waals surface area contributed by atoms with Crippen LogP contribution in [0.25, 0.3) is 22.4 Å². The largest absolute Gasteiger partial charge is 0.496 e. The normalized spacial score (nSPS) is 10.8. The summed E-state index contributed by atoms with van der Waals surface area (Å²) in [7, 11) is 3.21. The second-order valence-electron chi connectivity index (χ2n) is 4.58. The highest BCUT2D eigenvalue weighted by Gasteiger charge is 2.20. The summed E-state index contributed by atoms with van der Waals surface area (Å²) in [4.78, 5) is 15.6. The Bertz CT molecular complexity index is 787. The lowest BCUT2D eigenvalue weighted by atomic mass is 10.1. The fourth-order valence-corrected chi connectivity index (χ4v) is 2.31. The Balaban J connectivity index is 2.39. The fourth-order valence-electron chi connectivity index (χ4n) is 2.31. The molecule has 0 saturated carbocycles. The predicted molar refractivity (Wildman–Crippen MR) is 79.4 cm³/mol. The number of benzene rings is 1. The number of nitrogens with one attached hydrogen (secondary N) is 1. The number of rotatable bonds is 3. The third kappa shape index (κ3) is 2.12. The number of anilines is 1. The van der Waals surface area contributed by atoms with Crippen molar-refractivity contribution < 1.29 is 9.47 Å². The number of nitrogens with two attached hydrogens (primary N) is 1. The SMILES string of the molecule is COc1cc(C)cc(OC)c1-c1nc(N)nc2nc[nH]c12. The number of nitrogen functional groups attached to an aromatic ring is 1. The van der Waals surface area contributed by atoms with Crippen molar-refractivity contribution in [3.05, 3.63) is 24.0 Å². The molecule has 3 N–H and O–H groups in total. The average Bonchev–Trinajstić information content (AvgIpc) is 2.93. The third-order valence-electron chi connectivity index (χ3n) is 3.19. The minimum Gasteiger partial charge on any atom is -0.496 e. The molecule has 0 saturated heterocycles. The van der Waals surface area contributed by atoms with Crippen molar-refractivity contribution in [2.45, 2.75) is 6.92 Å². The first-order valence-electron chi connectivity index (χ1n) is 6.33. The lowest BCUT2D eigenvalue weighted by molar-refractivity contribution is 0.396. The van der Waals surface area contributed by atoms with Gasteiger partial charge in [0.25, 0.3) is 0 Å². The van der Waals surface area contributed by atoms with Crippen molar-refractivity contribution in [3.63, 3.8) is 0 Å². The molecule has 2 heterocycles. The molecule has 108 valence electrons. The van der Waals surface area contributed by atoms with E-state index in [9.17, 15) is 0 Å². The van der Waals surface area contributed by atoms with Gasteiger partial charge in [-0.3, -0.25) is 0 Å². The molecule has 0 amide bonds. The van der Waals surface area contributed by atoms with Crippen LogP contribution in [0.4, 0.5) is 5.95 Å². The molecule has 0 unspecified atom stereocenters. The van der Waals surface area contributed by atoms with E-state index < -0.39 is 0 Å². The highest BCUT2D eigenvalue weighted by atomic mass is 16.5. The number of aromatic amines is 1. The summed E-state index contributed by atoms with van der Waals surface area (Å²) < 4.78 is 10.9. The maximum absolute atomic E-state index is 5.78. The van der Waals surface area contributed by atoms with Gasteiger partial charge in [0.15, 0.2) is 5.65 Å². The highest BCUT2D eigenvalue weighted by Crippen LogP contribution is 2.40. The number of nitrogens with zero attached hydrogens (tertiary/aromatic N) is 3. The van der Waals surface area contributed by atoms with Crippen LogP contribution >= 0.6 is 0 Å². The Kier molecular flexibility index (Phi) is 3.09. The molecule has 1 aromatic carbocycles. The second-order valence-corrected chi connectivity index (χ2v) is 4.58. The van der Waals surface area contributed by atoms with E-state index in [2.05, 4.69) is 19.9 Å². The maximum Gasteiger partial charge on any atom is 0.222 e. The summed E-state index contributed by atoms with van der Waals surface area (Å²) in [5.41, 5.74) is 9.30. The first kappa shape index (κ1) is 13.2. The molecular weight excluding hydrogens is 270 g/mol. The minimum absolute atomic E-state index is 0.147. The van der Waals surface area contributed by atoms with Gasteiger partial charge in [0.05, 0.1) is 26.1 Å². The Morgan fingerprint density at radius 2 is 1.76 bits per heavy atom. The van der Waals surface area contributed by atoms with Gasteiger partial charge in [-0.25, -0.2) is 9.97 Å². The monoisotopic (exact) mass is 285 g/mol. The van der Waals surface area contributed by atoms with Crippen LogP contribution in [-0.2, 0) is 0 Å². The van der Waals surface area contributed by atoms with E-state index in [4.69, 9.17) is 15.2 Å². The number of ether oxygens (including phenoxy) is 2. The van der Waals surface area contributed by atoms with Gasteiger partial charge in [0.1, 0.15) is 22.7 Å². The molecular formula is C14H15N5O2. The molecule has 0 radical (unpaired) electrons. The topological polar surface area (TPSA) is 98.9 Å². The van der Waals surface area contributed by atoms with Gasteiger partial charge >= 0.3 is 0 Å². The molecule has 7 nitrogen and oxygen atoms in total. The van der Waals surface area contributed by atoms with Crippen LogP contribution in [-0.4, -0.2) is 34.2 Å². The van der Waals surface area contributed by atoms with E-state index in [1.807, 2.05) is 19.1 Å². The van der Waals surface area contributed by atoms with Gasteiger partial charge in [-0.2, -0.15) is 4.98 Å². The Morgan fingerprint density at radius 3 is 2.38 bits per heavy atom. The maximum atomic E-state index is 5.78. The standard InChI is InChI=1S/C14H15N5O2/c1-7-4-8(20-2)10(9(5-7)21-3)11-12-13(17-6-16-12)19-14(15)18-11/h4-6H,1-3H3,(H3,15,16,17,18,19). The zero-order valence-corrected chi connectivity index (χ0v) is 12.0. The number of imidazole rings is 1. The van der Waals surface area contributed by atoms with Gasteiger partial charge in [-0.15, -0.1) is 0 Å². The average molecular weight is 285 g/mol. The van der Waals surface area contributed by atoms with Crippen molar-refractivity contribution in [3.8, 4) is 22.8 Å². The fraction of sp³-hybridized carbons (Fsp3) is 0.214. The number of fused-ring (bicyclic) bond motifs is 1. The molecule has 2 aromatic heterocycles. The molecule has 21 heavy (non-hydrogen) atoms. The minimum atomic E-state index is 0.147. The van der Waals surface area contributed by atoms with E-state index in [0.717, 1.165) is 5.56 Å². The van der Waals surface area contributed by atoms with Gasteiger partial charge in [-0.05, 0) is 24.6 Å². The van der Waals surface area contributed by atoms with Gasteiger partial charge in [-0.1, -0.05) is 0 Å². The number of hydrogen-bond acceptors (Lipinski definition) is 6. The van der Waals surface area contributed by atoms with E-state index in [1.165, 1.54) is 0 Å². The summed E-state index contributed by atoms with van der Waals surface area (Å²) in [6.45, 7) is 1.97. The van der Waals surface area contributed by atoms with Crippen molar-refractivity contribution in [2.24, 2.45) is 0 Å². The Morgan fingerprint density at radius 1 is 1.10 bits per heavy atom. The molecule has 0 atom stereocenters. The lowest BCUT2D eigenvalue weighted by Crippen LogP contribution is -2.01. The molecule has 0 bridgehead atoms. The molecule has 0 fully saturated rings. The van der Waals surface area contributed by atoms with Crippen LogP contribution in [0.3, 0.4) is 0 Å². The summed E-state index contributed by atoms with van der Waals surface area (Å²) in [6, 6.07) is 3.83. The van der Waals surface area contributed by atoms with Crippen LogP contribution in [0.1, 0.15) is 5.56 Å². The summed E-state index contributed by atoms with van der Waals surface area (Å²) >= 11 is 0. The molecule has 3 rings (SSSR count). The van der Waals surface area contributed by atoms with Crippen LogP contribution in [0.5, 0.6) is 11.5 Å². The third-order valence-corrected chi connectivity index (χ3v) is 3.19. The number of aryl methyl sites for hydroxylation is 1. The van der Waals surface area contributed by atoms with Crippen molar-refractivity contribution in [1.29, 1.82) is 0 Å². The Hall–Kier alpha value is -2.83. The summed E-state index contributed by atoms with van der Waals surface area (Å²) in [6.07, 6.45) is 1.55. The lowest BCUT2D eigenvalue weighted by Gasteiger charge is -2.14. The van der Waals surface area contributed by atoms with Crippen molar-refractivity contribution >= 4 is 17.1 Å². The van der Waals surface area contributed by atoms with Crippen molar-refractivity contribution in [1.82, 2.24) is 19.9 Å². The molecule has 0 aliphatic heterocycles. The number of methoxy groups -OCH3 is 2. The molecule has 0 aliphatic carbocycles. The first-order valence-corrected chi connectivity index (χ1v) is 6.33. The van der Waals surface area contributed by atoms with E-state index in [-0.39, 0.29) is 5.95 Å². The van der Waals surface area contributed by atoms with E-state index >= 15 is 0 Å². The van der Waals surface area contributed by atoms with Gasteiger partial charge in [0.2, 0.25) is 5.95 Å². The highest BCUT2D eigenvalue weighted by molar-refractivity contribution is 5.92. The van der Waals surface area contributed by atoms with E-state index in [0.29, 0.717) is 33.9 Å². The Labute approximate surface area is 121 Å².